The minimum atomic E-state index is 0.0922. The Bertz CT molecular complexity index is 774. The Hall–Kier alpha value is -2.14. The molecule has 0 N–H and O–H groups in total. The molecule has 0 saturated carbocycles. The lowest BCUT2D eigenvalue weighted by Crippen LogP contribution is -2.61. The van der Waals surface area contributed by atoms with Gasteiger partial charge in [0.2, 0.25) is 5.91 Å². The number of aryl methyl sites for hydroxylation is 2. The molecule has 5 nitrogen and oxygen atoms in total. The smallest absolute Gasteiger partial charge is 0.227 e. The average Bonchev–Trinajstić information content (AvgIpc) is 3.11. The number of nitrogens with zero attached hydrogens (tertiary/aromatic N) is 3. The third kappa shape index (κ3) is 2.97. The third-order valence-corrected chi connectivity index (χ3v) is 5.60. The van der Waals surface area contributed by atoms with Crippen LogP contribution in [0.25, 0.3) is 0 Å². The topological polar surface area (TPSA) is 49.6 Å². The van der Waals surface area contributed by atoms with Crippen LogP contribution in [0.3, 0.4) is 0 Å². The Balaban J connectivity index is 1.43. The number of likely N-dealkylation sites (N-methyl/N-ethyl adjacent to an activating group) is 1. The van der Waals surface area contributed by atoms with Crippen molar-refractivity contribution in [3.05, 3.63) is 53.2 Å². The first kappa shape index (κ1) is 16.3. The van der Waals surface area contributed by atoms with Crippen molar-refractivity contribution in [3.63, 3.8) is 0 Å². The maximum atomic E-state index is 12.6. The minimum absolute atomic E-state index is 0.0922. The molecular weight excluding hydrogens is 314 g/mol. The molecule has 2 aliphatic rings. The van der Waals surface area contributed by atoms with Crippen molar-refractivity contribution in [1.29, 1.82) is 0 Å². The molecule has 4 rings (SSSR count). The number of hydrogen-bond donors (Lipinski definition) is 0. The summed E-state index contributed by atoms with van der Waals surface area (Å²) < 4.78 is 5.81. The lowest BCUT2D eigenvalue weighted by Gasteiger charge is -2.50. The van der Waals surface area contributed by atoms with E-state index in [9.17, 15) is 4.79 Å². The first-order valence-corrected chi connectivity index (χ1v) is 8.89. The Morgan fingerprint density at radius 3 is 2.60 bits per heavy atom. The molecule has 1 aromatic heterocycles. The van der Waals surface area contributed by atoms with Crippen molar-refractivity contribution in [2.75, 3.05) is 33.2 Å². The molecular formula is C20H25N3O2. The summed E-state index contributed by atoms with van der Waals surface area (Å²) in [6, 6.07) is 8.22. The zero-order valence-electron chi connectivity index (χ0n) is 15.2. The zero-order chi connectivity index (χ0) is 17.6. The van der Waals surface area contributed by atoms with Crippen LogP contribution in [0.1, 0.15) is 28.7 Å². The molecule has 1 aromatic carbocycles. The highest BCUT2D eigenvalue weighted by atomic mass is 16.4. The van der Waals surface area contributed by atoms with Crippen LogP contribution in [-0.4, -0.2) is 53.9 Å². The molecule has 0 aliphatic carbocycles. The Morgan fingerprint density at radius 2 is 1.96 bits per heavy atom. The number of benzene rings is 1. The van der Waals surface area contributed by atoms with Crippen LogP contribution in [0.2, 0.25) is 0 Å². The normalized spacial score (nSPS) is 22.4. The lowest BCUT2D eigenvalue weighted by molar-refractivity contribution is -0.143. The molecule has 1 atom stereocenters. The van der Waals surface area contributed by atoms with E-state index in [0.717, 1.165) is 43.4 Å². The van der Waals surface area contributed by atoms with Crippen molar-refractivity contribution in [2.24, 2.45) is 5.41 Å². The molecule has 3 heterocycles. The maximum Gasteiger partial charge on any atom is 0.227 e. The molecule has 1 amide bonds. The summed E-state index contributed by atoms with van der Waals surface area (Å²) in [6.07, 6.45) is 2.27. The van der Waals surface area contributed by atoms with Crippen LogP contribution >= 0.6 is 0 Å². The molecule has 2 aromatic rings. The molecule has 0 bridgehead atoms. The Morgan fingerprint density at radius 1 is 1.24 bits per heavy atom. The van der Waals surface area contributed by atoms with Crippen LogP contribution < -0.4 is 0 Å². The lowest BCUT2D eigenvalue weighted by atomic mass is 9.71. The highest BCUT2D eigenvalue weighted by Crippen LogP contribution is 2.48. The quantitative estimate of drug-likeness (QED) is 0.862. The summed E-state index contributed by atoms with van der Waals surface area (Å²) >= 11 is 0. The highest BCUT2D eigenvalue weighted by Gasteiger charge is 2.56. The summed E-state index contributed by atoms with van der Waals surface area (Å²) in [4.78, 5) is 21.4. The number of aromatic nitrogens is 1. The van der Waals surface area contributed by atoms with E-state index in [2.05, 4.69) is 36.0 Å². The number of oxazole rings is 1. The Kier molecular flexibility index (Phi) is 3.91. The van der Waals surface area contributed by atoms with Crippen LogP contribution in [0.5, 0.6) is 0 Å². The van der Waals surface area contributed by atoms with Gasteiger partial charge in [0.05, 0.1) is 18.5 Å². The summed E-state index contributed by atoms with van der Waals surface area (Å²) in [6.45, 7) is 7.53. The fraction of sp³-hybridized carbons (Fsp3) is 0.500. The number of carbonyl (C=O) groups excluding carboxylic acids is 1. The van der Waals surface area contributed by atoms with Gasteiger partial charge in [0, 0.05) is 31.6 Å². The van der Waals surface area contributed by atoms with E-state index in [1.807, 2.05) is 24.0 Å². The number of rotatable bonds is 3. The second-order valence-electron chi connectivity index (χ2n) is 7.83. The van der Waals surface area contributed by atoms with Crippen LogP contribution in [0, 0.1) is 19.3 Å². The van der Waals surface area contributed by atoms with Crippen LogP contribution in [0.4, 0.5) is 0 Å². The van der Waals surface area contributed by atoms with Crippen LogP contribution in [0.15, 0.2) is 34.9 Å². The average molecular weight is 339 g/mol. The maximum absolute atomic E-state index is 12.6. The van der Waals surface area contributed by atoms with Gasteiger partial charge in [-0.2, -0.15) is 0 Å². The van der Waals surface area contributed by atoms with E-state index in [0.29, 0.717) is 6.42 Å². The SMILES string of the molecule is Cc1ccc(CC(=O)N2CC3(CN(C)CC3c3ncc(C)o3)C2)cc1. The van der Waals surface area contributed by atoms with Gasteiger partial charge < -0.3 is 14.2 Å². The molecule has 0 radical (unpaired) electrons. The highest BCUT2D eigenvalue weighted by molar-refractivity contribution is 5.80. The van der Waals surface area contributed by atoms with E-state index < -0.39 is 0 Å². The fourth-order valence-electron chi connectivity index (χ4n) is 4.29. The van der Waals surface area contributed by atoms with E-state index in [1.54, 1.807) is 6.20 Å². The summed E-state index contributed by atoms with van der Waals surface area (Å²) in [5.74, 6) is 2.17. The van der Waals surface area contributed by atoms with Gasteiger partial charge in [-0.3, -0.25) is 4.79 Å². The van der Waals surface area contributed by atoms with Gasteiger partial charge in [-0.1, -0.05) is 29.8 Å². The molecule has 2 fully saturated rings. The molecule has 5 heteroatoms. The summed E-state index contributed by atoms with van der Waals surface area (Å²) in [7, 11) is 2.13. The number of carbonyl (C=O) groups is 1. The van der Waals surface area contributed by atoms with Crippen molar-refractivity contribution in [1.82, 2.24) is 14.8 Å². The van der Waals surface area contributed by atoms with Crippen molar-refractivity contribution < 1.29 is 9.21 Å². The van der Waals surface area contributed by atoms with Crippen molar-refractivity contribution >= 4 is 5.91 Å². The zero-order valence-corrected chi connectivity index (χ0v) is 15.2. The predicted octanol–water partition coefficient (Wildman–Crippen LogP) is 2.39. The van der Waals surface area contributed by atoms with E-state index in [1.165, 1.54) is 5.56 Å². The molecule has 2 aliphatic heterocycles. The van der Waals surface area contributed by atoms with Gasteiger partial charge in [-0.25, -0.2) is 4.98 Å². The second-order valence-corrected chi connectivity index (χ2v) is 7.83. The van der Waals surface area contributed by atoms with Gasteiger partial charge in [-0.15, -0.1) is 0 Å². The van der Waals surface area contributed by atoms with Gasteiger partial charge in [0.1, 0.15) is 5.76 Å². The summed E-state index contributed by atoms with van der Waals surface area (Å²) in [5.41, 5.74) is 2.40. The first-order valence-electron chi connectivity index (χ1n) is 8.89. The summed E-state index contributed by atoms with van der Waals surface area (Å²) in [5, 5.41) is 0. The van der Waals surface area contributed by atoms with Crippen molar-refractivity contribution in [3.8, 4) is 0 Å². The number of likely N-dealkylation sites (tertiary alicyclic amines) is 2. The second kappa shape index (κ2) is 5.99. The number of hydrogen-bond acceptors (Lipinski definition) is 4. The first-order chi connectivity index (χ1) is 11.9. The van der Waals surface area contributed by atoms with Gasteiger partial charge in [0.15, 0.2) is 5.89 Å². The van der Waals surface area contributed by atoms with Gasteiger partial charge in [0.25, 0.3) is 0 Å². The standard InChI is InChI=1S/C20H25N3O2/c1-14-4-6-16(7-5-14)8-18(24)23-12-20(13-23)11-22(3)10-17(20)19-21-9-15(2)25-19/h4-7,9,17H,8,10-13H2,1-3H3. The van der Waals surface area contributed by atoms with E-state index >= 15 is 0 Å². The molecule has 2 saturated heterocycles. The minimum Gasteiger partial charge on any atom is -0.446 e. The van der Waals surface area contributed by atoms with Crippen molar-refractivity contribution in [2.45, 2.75) is 26.2 Å². The Labute approximate surface area is 148 Å². The van der Waals surface area contributed by atoms with Gasteiger partial charge >= 0.3 is 0 Å². The largest absolute Gasteiger partial charge is 0.446 e. The molecule has 25 heavy (non-hydrogen) atoms. The van der Waals surface area contributed by atoms with Gasteiger partial charge in [-0.05, 0) is 26.5 Å². The van der Waals surface area contributed by atoms with E-state index in [-0.39, 0.29) is 17.2 Å². The number of amides is 1. The predicted molar refractivity (Wildman–Crippen MR) is 95.4 cm³/mol. The fourth-order valence-corrected chi connectivity index (χ4v) is 4.29. The third-order valence-electron chi connectivity index (χ3n) is 5.60. The van der Waals surface area contributed by atoms with Crippen LogP contribution in [-0.2, 0) is 11.2 Å². The molecule has 1 unspecified atom stereocenters. The molecule has 132 valence electrons. The monoisotopic (exact) mass is 339 g/mol. The molecule has 1 spiro atoms. The van der Waals surface area contributed by atoms with E-state index in [4.69, 9.17) is 4.42 Å².